The van der Waals surface area contributed by atoms with Gasteiger partial charge in [-0.25, -0.2) is 4.99 Å². The van der Waals surface area contributed by atoms with E-state index in [0.717, 1.165) is 28.8 Å². The molecule has 2 aliphatic rings. The molecule has 1 aromatic carbocycles. The molecule has 0 N–H and O–H groups in total. The Kier molecular flexibility index (Phi) is 2.75. The predicted molar refractivity (Wildman–Crippen MR) is 78.3 cm³/mol. The van der Waals surface area contributed by atoms with Crippen LogP contribution in [-0.2, 0) is 0 Å². The van der Waals surface area contributed by atoms with Crippen molar-refractivity contribution in [3.63, 3.8) is 0 Å². The first-order chi connectivity index (χ1) is 9.78. The Morgan fingerprint density at radius 2 is 2.30 bits per heavy atom. The van der Waals surface area contributed by atoms with Crippen LogP contribution in [0.25, 0.3) is 6.20 Å². The molecule has 100 valence electrons. The van der Waals surface area contributed by atoms with Gasteiger partial charge in [0, 0.05) is 17.8 Å². The number of rotatable bonds is 2. The van der Waals surface area contributed by atoms with Gasteiger partial charge in [0.25, 0.3) is 5.19 Å². The smallest absolute Gasteiger partial charge is 0.281 e. The lowest BCUT2D eigenvalue weighted by molar-refractivity contribution is 0.476. The Labute approximate surface area is 124 Å². The normalized spacial score (nSPS) is 15.8. The summed E-state index contributed by atoms with van der Waals surface area (Å²) in [6.45, 7) is 0.973. The van der Waals surface area contributed by atoms with Crippen molar-refractivity contribution >= 4 is 29.1 Å². The summed E-state index contributed by atoms with van der Waals surface area (Å²) in [5.74, 6) is 1.69. The van der Waals surface area contributed by atoms with Crippen molar-refractivity contribution in [1.82, 2.24) is 9.88 Å². The molecular weight excluding hydrogens is 294 g/mol. The number of fused-ring (bicyclic) bond motifs is 2. The summed E-state index contributed by atoms with van der Waals surface area (Å²) in [6.07, 6.45) is 5.20. The first-order valence-corrected chi connectivity index (χ1v) is 7.45. The quantitative estimate of drug-likeness (QED) is 0.855. The van der Waals surface area contributed by atoms with Crippen LogP contribution in [0.5, 0.6) is 10.9 Å². The summed E-state index contributed by atoms with van der Waals surface area (Å²) in [5, 5.41) is 2.09. The van der Waals surface area contributed by atoms with Gasteiger partial charge in [-0.15, -0.1) is 0 Å². The highest BCUT2D eigenvalue weighted by Gasteiger charge is 2.17. The molecular formula is C14H10ClN3OS. The van der Waals surface area contributed by atoms with Crippen molar-refractivity contribution in [3.05, 3.63) is 51.2 Å². The highest BCUT2D eigenvalue weighted by molar-refractivity contribution is 7.10. The van der Waals surface area contributed by atoms with Crippen molar-refractivity contribution in [1.29, 1.82) is 0 Å². The second kappa shape index (κ2) is 4.61. The molecule has 0 atom stereocenters. The molecule has 0 radical (unpaired) electrons. The van der Waals surface area contributed by atoms with Crippen molar-refractivity contribution in [2.75, 3.05) is 6.54 Å². The predicted octanol–water partition coefficient (Wildman–Crippen LogP) is 2.51. The number of hydrogen-bond acceptors (Lipinski definition) is 5. The summed E-state index contributed by atoms with van der Waals surface area (Å²) in [5.41, 5.74) is 0. The number of halogens is 1. The van der Waals surface area contributed by atoms with E-state index in [2.05, 4.69) is 21.0 Å². The Bertz CT molecular complexity index is 827. The summed E-state index contributed by atoms with van der Waals surface area (Å²) >= 11 is 7.38. The van der Waals surface area contributed by atoms with Crippen LogP contribution in [0.4, 0.5) is 0 Å². The maximum atomic E-state index is 5.94. The Hall–Kier alpha value is -1.85. The van der Waals surface area contributed by atoms with Crippen LogP contribution in [0.1, 0.15) is 6.42 Å². The highest BCUT2D eigenvalue weighted by Crippen LogP contribution is 2.24. The van der Waals surface area contributed by atoms with E-state index in [9.17, 15) is 0 Å². The fourth-order valence-corrected chi connectivity index (χ4v) is 3.17. The molecule has 4 nitrogen and oxygen atoms in total. The molecule has 0 amide bonds. The summed E-state index contributed by atoms with van der Waals surface area (Å²) < 4.78 is 6.63. The third kappa shape index (κ3) is 2.09. The first-order valence-electron chi connectivity index (χ1n) is 6.25. The molecule has 0 unspecified atom stereocenters. The molecule has 0 saturated carbocycles. The highest BCUT2D eigenvalue weighted by atomic mass is 35.5. The molecule has 6 heteroatoms. The van der Waals surface area contributed by atoms with E-state index in [4.69, 9.17) is 16.3 Å². The van der Waals surface area contributed by atoms with E-state index in [1.54, 1.807) is 6.07 Å². The van der Waals surface area contributed by atoms with Crippen LogP contribution in [-0.4, -0.2) is 16.4 Å². The summed E-state index contributed by atoms with van der Waals surface area (Å²) in [4.78, 5) is 11.2. The van der Waals surface area contributed by atoms with Crippen LogP contribution in [0.3, 0.4) is 0 Å². The van der Waals surface area contributed by atoms with Crippen LogP contribution < -0.4 is 14.8 Å². The molecule has 2 aromatic rings. The number of thiazole rings is 1. The van der Waals surface area contributed by atoms with Crippen molar-refractivity contribution in [2.24, 2.45) is 4.99 Å². The maximum absolute atomic E-state index is 5.94. The van der Waals surface area contributed by atoms with Crippen LogP contribution in [0.2, 0.25) is 5.02 Å². The number of ether oxygens (including phenoxy) is 1. The van der Waals surface area contributed by atoms with Crippen molar-refractivity contribution < 1.29 is 4.74 Å². The third-order valence-electron chi connectivity index (χ3n) is 3.10. The fraction of sp³-hybridized carbons (Fsp3) is 0.143. The Morgan fingerprint density at radius 1 is 1.35 bits per heavy atom. The Balaban J connectivity index is 1.71. The average molecular weight is 304 g/mol. The van der Waals surface area contributed by atoms with E-state index in [1.165, 1.54) is 11.3 Å². The van der Waals surface area contributed by atoms with Gasteiger partial charge in [-0.1, -0.05) is 29.0 Å². The van der Waals surface area contributed by atoms with E-state index < -0.39 is 0 Å². The standard InChI is InChI=1S/C14H10ClN3OS/c15-9-3-1-4-10(7-9)19-14-16-11-8-18-6-2-5-12(18)17-13(11)20-14/h1,3-5,7-8H,2,6H2. The number of benzene rings is 1. The average Bonchev–Trinajstić information content (AvgIpc) is 3.00. The minimum atomic E-state index is 0.582. The molecule has 0 saturated heterocycles. The van der Waals surface area contributed by atoms with Gasteiger partial charge in [0.05, 0.1) is 0 Å². The lowest BCUT2D eigenvalue weighted by Crippen LogP contribution is -2.31. The first kappa shape index (κ1) is 11.9. The largest absolute Gasteiger partial charge is 0.431 e. The molecule has 0 bridgehead atoms. The van der Waals surface area contributed by atoms with Gasteiger partial charge >= 0.3 is 0 Å². The second-order valence-corrected chi connectivity index (χ2v) is 5.89. The minimum Gasteiger partial charge on any atom is -0.431 e. The van der Waals surface area contributed by atoms with Crippen molar-refractivity contribution in [2.45, 2.75) is 6.42 Å². The summed E-state index contributed by atoms with van der Waals surface area (Å²) in [6, 6.07) is 7.28. The fourth-order valence-electron chi connectivity index (χ4n) is 2.20. The monoisotopic (exact) mass is 303 g/mol. The summed E-state index contributed by atoms with van der Waals surface area (Å²) in [7, 11) is 0. The lowest BCUT2D eigenvalue weighted by atomic mass is 10.3. The van der Waals surface area contributed by atoms with Gasteiger partial charge in [-0.2, -0.15) is 4.98 Å². The Morgan fingerprint density at radius 3 is 3.20 bits per heavy atom. The lowest BCUT2D eigenvalue weighted by Gasteiger charge is -2.14. The zero-order valence-electron chi connectivity index (χ0n) is 10.4. The minimum absolute atomic E-state index is 0.582. The van der Waals surface area contributed by atoms with Gasteiger partial charge in [0.2, 0.25) is 0 Å². The van der Waals surface area contributed by atoms with Gasteiger partial charge in [-0.3, -0.25) is 0 Å². The van der Waals surface area contributed by atoms with E-state index in [-0.39, 0.29) is 0 Å². The van der Waals surface area contributed by atoms with Gasteiger partial charge < -0.3 is 9.64 Å². The van der Waals surface area contributed by atoms with Gasteiger partial charge in [-0.05, 0) is 30.7 Å². The zero-order valence-corrected chi connectivity index (χ0v) is 12.0. The molecule has 1 aromatic heterocycles. The van der Waals surface area contributed by atoms with Crippen LogP contribution in [0.15, 0.2) is 41.2 Å². The second-order valence-electron chi connectivity index (χ2n) is 4.51. The number of nitrogens with zero attached hydrogens (tertiary/aromatic N) is 3. The van der Waals surface area contributed by atoms with Gasteiger partial charge in [0.1, 0.15) is 16.9 Å². The maximum Gasteiger partial charge on any atom is 0.281 e. The number of aromatic nitrogens is 1. The van der Waals surface area contributed by atoms with Crippen LogP contribution >= 0.6 is 22.9 Å². The van der Waals surface area contributed by atoms with E-state index in [0.29, 0.717) is 16.0 Å². The molecule has 0 aliphatic carbocycles. The molecule has 0 spiro atoms. The van der Waals surface area contributed by atoms with Crippen molar-refractivity contribution in [3.8, 4) is 10.9 Å². The van der Waals surface area contributed by atoms with Crippen LogP contribution in [0, 0.1) is 0 Å². The molecule has 4 rings (SSSR count). The topological polar surface area (TPSA) is 37.7 Å². The molecule has 20 heavy (non-hydrogen) atoms. The number of hydrogen-bond donors (Lipinski definition) is 0. The molecule has 0 fully saturated rings. The third-order valence-corrected chi connectivity index (χ3v) is 4.18. The van der Waals surface area contributed by atoms with E-state index >= 15 is 0 Å². The molecule has 3 heterocycles. The zero-order chi connectivity index (χ0) is 13.5. The van der Waals surface area contributed by atoms with Gasteiger partial charge in [0.15, 0.2) is 4.67 Å². The van der Waals surface area contributed by atoms with E-state index in [1.807, 2.05) is 24.4 Å². The SMILES string of the molecule is Clc1cccc(Oc2nc3c(s2)=NC2=CCCN2C=3)c1. The molecule has 2 aliphatic heterocycles.